The van der Waals surface area contributed by atoms with Gasteiger partial charge in [-0.3, -0.25) is 4.57 Å². The summed E-state index contributed by atoms with van der Waals surface area (Å²) in [6.07, 6.45) is 1.57. The fraction of sp³-hybridized carbons (Fsp3) is 0.222. The van der Waals surface area contributed by atoms with Gasteiger partial charge in [-0.05, 0) is 38.1 Å². The molecule has 0 amide bonds. The van der Waals surface area contributed by atoms with Gasteiger partial charge >= 0.3 is 5.97 Å². The third-order valence-corrected chi connectivity index (χ3v) is 5.00. The van der Waals surface area contributed by atoms with Crippen LogP contribution in [0.25, 0.3) is 11.0 Å². The number of allylic oxidation sites excluding steroid dienone is 1. The summed E-state index contributed by atoms with van der Waals surface area (Å²) in [7, 11) is 0. The highest BCUT2D eigenvalue weighted by Crippen LogP contribution is 2.41. The molecule has 0 fully saturated rings. The molecule has 0 saturated carbocycles. The number of ether oxygens (including phenoxy) is 1. The molecule has 1 aliphatic rings. The van der Waals surface area contributed by atoms with Crippen LogP contribution in [-0.4, -0.2) is 22.1 Å². The second kappa shape index (κ2) is 6.37. The van der Waals surface area contributed by atoms with Crippen molar-refractivity contribution in [1.29, 1.82) is 0 Å². The van der Waals surface area contributed by atoms with Crippen molar-refractivity contribution >= 4 is 46.2 Å². The number of benzene rings is 1. The Morgan fingerprint density at radius 1 is 1.38 bits per heavy atom. The second-order valence-corrected chi connectivity index (χ2v) is 6.68. The summed E-state index contributed by atoms with van der Waals surface area (Å²) in [5.74, 6) is 0.761. The summed E-state index contributed by atoms with van der Waals surface area (Å²) in [4.78, 5) is 17.2. The van der Waals surface area contributed by atoms with Gasteiger partial charge in [0.05, 0.1) is 39.5 Å². The van der Waals surface area contributed by atoms with Crippen molar-refractivity contribution < 1.29 is 13.9 Å². The van der Waals surface area contributed by atoms with Crippen LogP contribution < -0.4 is 5.32 Å². The van der Waals surface area contributed by atoms with Crippen molar-refractivity contribution in [2.24, 2.45) is 0 Å². The summed E-state index contributed by atoms with van der Waals surface area (Å²) < 4.78 is 12.8. The molecule has 0 aliphatic carbocycles. The smallest absolute Gasteiger partial charge is 0.338 e. The zero-order chi connectivity index (χ0) is 18.4. The van der Waals surface area contributed by atoms with Gasteiger partial charge in [0.1, 0.15) is 11.8 Å². The number of fused-ring (bicyclic) bond motifs is 3. The maximum Gasteiger partial charge on any atom is 0.338 e. The van der Waals surface area contributed by atoms with E-state index in [1.807, 2.05) is 17.6 Å². The normalized spacial score (nSPS) is 16.5. The van der Waals surface area contributed by atoms with Crippen molar-refractivity contribution in [3.63, 3.8) is 0 Å². The van der Waals surface area contributed by atoms with Crippen LogP contribution in [0.5, 0.6) is 0 Å². The van der Waals surface area contributed by atoms with Gasteiger partial charge in [0.25, 0.3) is 0 Å². The van der Waals surface area contributed by atoms with Gasteiger partial charge in [-0.15, -0.1) is 0 Å². The highest BCUT2D eigenvalue weighted by atomic mass is 35.5. The highest BCUT2D eigenvalue weighted by molar-refractivity contribution is 6.42. The molecule has 1 aliphatic heterocycles. The quantitative estimate of drug-likeness (QED) is 0.650. The number of rotatable bonds is 3. The maximum atomic E-state index is 12.7. The molecule has 1 N–H and O–H groups in total. The first-order chi connectivity index (χ1) is 12.5. The molecule has 3 aromatic rings. The molecule has 6 nitrogen and oxygen atoms in total. The molecule has 0 bridgehead atoms. The summed E-state index contributed by atoms with van der Waals surface area (Å²) in [6, 6.07) is 6.50. The topological polar surface area (TPSA) is 69.3 Å². The van der Waals surface area contributed by atoms with E-state index in [-0.39, 0.29) is 6.61 Å². The summed E-state index contributed by atoms with van der Waals surface area (Å²) in [5.41, 5.74) is 2.51. The Balaban J connectivity index is 1.99. The Bertz CT molecular complexity index is 1040. The van der Waals surface area contributed by atoms with Crippen LogP contribution in [0.4, 0.5) is 5.95 Å². The van der Waals surface area contributed by atoms with E-state index in [4.69, 9.17) is 32.4 Å². The van der Waals surface area contributed by atoms with E-state index in [0.29, 0.717) is 38.5 Å². The van der Waals surface area contributed by atoms with Gasteiger partial charge in [0.2, 0.25) is 5.95 Å². The third kappa shape index (κ3) is 2.57. The van der Waals surface area contributed by atoms with Gasteiger partial charge in [0.15, 0.2) is 0 Å². The molecule has 0 spiro atoms. The number of esters is 1. The van der Waals surface area contributed by atoms with Crippen LogP contribution in [-0.2, 0) is 9.53 Å². The predicted molar refractivity (Wildman–Crippen MR) is 99.6 cm³/mol. The lowest BCUT2D eigenvalue weighted by Gasteiger charge is -2.28. The van der Waals surface area contributed by atoms with Gasteiger partial charge in [0, 0.05) is 5.70 Å². The van der Waals surface area contributed by atoms with Gasteiger partial charge in [-0.1, -0.05) is 23.2 Å². The number of hydrogen-bond donors (Lipinski definition) is 1. The molecule has 1 atom stereocenters. The Kier molecular flexibility index (Phi) is 4.17. The highest BCUT2D eigenvalue weighted by Gasteiger charge is 2.36. The number of furan rings is 1. The Morgan fingerprint density at radius 3 is 2.85 bits per heavy atom. The molecule has 134 valence electrons. The van der Waals surface area contributed by atoms with Crippen LogP contribution in [0.3, 0.4) is 0 Å². The van der Waals surface area contributed by atoms with Crippen LogP contribution in [0.15, 0.2) is 46.2 Å². The Hall–Kier alpha value is -2.44. The molecule has 3 heterocycles. The van der Waals surface area contributed by atoms with Crippen molar-refractivity contribution in [2.45, 2.75) is 19.9 Å². The van der Waals surface area contributed by atoms with E-state index in [0.717, 1.165) is 5.52 Å². The Morgan fingerprint density at radius 2 is 2.15 bits per heavy atom. The summed E-state index contributed by atoms with van der Waals surface area (Å²) in [6.45, 7) is 3.86. The predicted octanol–water partition coefficient (Wildman–Crippen LogP) is 4.79. The Labute approximate surface area is 159 Å². The SMILES string of the molecule is CCOC(=O)C1=C(C)Nc2nc3cc(Cl)c(Cl)cc3n2C1c1ccco1. The zero-order valence-corrected chi connectivity index (χ0v) is 15.6. The number of imidazole rings is 1. The number of halogens is 2. The molecule has 4 rings (SSSR count). The van der Waals surface area contributed by atoms with E-state index < -0.39 is 12.0 Å². The van der Waals surface area contributed by atoms with E-state index >= 15 is 0 Å². The van der Waals surface area contributed by atoms with Crippen LogP contribution in [0, 0.1) is 0 Å². The zero-order valence-electron chi connectivity index (χ0n) is 14.0. The van der Waals surface area contributed by atoms with Crippen molar-refractivity contribution in [3.8, 4) is 0 Å². The third-order valence-electron chi connectivity index (χ3n) is 4.27. The molecule has 26 heavy (non-hydrogen) atoms. The summed E-state index contributed by atoms with van der Waals surface area (Å²) >= 11 is 12.3. The first-order valence-electron chi connectivity index (χ1n) is 8.06. The first kappa shape index (κ1) is 17.0. The molecule has 1 unspecified atom stereocenters. The van der Waals surface area contributed by atoms with Gasteiger partial charge in [-0.25, -0.2) is 9.78 Å². The number of carbonyl (C=O) groups excluding carboxylic acids is 1. The van der Waals surface area contributed by atoms with Crippen LogP contribution in [0.2, 0.25) is 10.0 Å². The van der Waals surface area contributed by atoms with Crippen molar-refractivity contribution in [1.82, 2.24) is 9.55 Å². The number of nitrogens with one attached hydrogen (secondary N) is 1. The minimum atomic E-state index is -0.525. The number of carbonyl (C=O) groups is 1. The molecule has 2 aromatic heterocycles. The number of nitrogens with zero attached hydrogens (tertiary/aromatic N) is 2. The standard InChI is InChI=1S/C18H15Cl2N3O3/c1-3-25-17(24)15-9(2)21-18-22-12-7-10(19)11(20)8-13(12)23(18)16(15)14-5-4-6-26-14/h4-8,16H,3H2,1-2H3,(H,21,22). The van der Waals surface area contributed by atoms with E-state index in [9.17, 15) is 4.79 Å². The first-order valence-corrected chi connectivity index (χ1v) is 8.82. The van der Waals surface area contributed by atoms with Crippen LogP contribution >= 0.6 is 23.2 Å². The van der Waals surface area contributed by atoms with E-state index in [1.165, 1.54) is 0 Å². The molecular weight excluding hydrogens is 377 g/mol. The molecule has 1 aromatic carbocycles. The molecular formula is C18H15Cl2N3O3. The lowest BCUT2D eigenvalue weighted by atomic mass is 10.0. The molecule has 8 heteroatoms. The maximum absolute atomic E-state index is 12.7. The average molecular weight is 392 g/mol. The number of aromatic nitrogens is 2. The van der Waals surface area contributed by atoms with Crippen molar-refractivity contribution in [3.05, 3.63) is 57.6 Å². The minimum Gasteiger partial charge on any atom is -0.467 e. The minimum absolute atomic E-state index is 0.277. The van der Waals surface area contributed by atoms with E-state index in [1.54, 1.807) is 31.4 Å². The monoisotopic (exact) mass is 391 g/mol. The second-order valence-electron chi connectivity index (χ2n) is 5.86. The number of hydrogen-bond acceptors (Lipinski definition) is 5. The number of anilines is 1. The summed E-state index contributed by atoms with van der Waals surface area (Å²) in [5, 5.41) is 4.00. The average Bonchev–Trinajstić information content (AvgIpc) is 3.22. The fourth-order valence-electron chi connectivity index (χ4n) is 3.20. The largest absolute Gasteiger partial charge is 0.467 e. The van der Waals surface area contributed by atoms with Crippen molar-refractivity contribution in [2.75, 3.05) is 11.9 Å². The molecule has 0 radical (unpaired) electrons. The van der Waals surface area contributed by atoms with Crippen LogP contribution in [0.1, 0.15) is 25.6 Å². The molecule has 0 saturated heterocycles. The fourth-order valence-corrected chi connectivity index (χ4v) is 3.51. The van der Waals surface area contributed by atoms with Gasteiger partial charge in [-0.2, -0.15) is 0 Å². The lowest BCUT2D eigenvalue weighted by Crippen LogP contribution is -2.28. The lowest BCUT2D eigenvalue weighted by molar-refractivity contribution is -0.139. The van der Waals surface area contributed by atoms with Gasteiger partial charge < -0.3 is 14.5 Å². The van der Waals surface area contributed by atoms with E-state index in [2.05, 4.69) is 10.3 Å².